The van der Waals surface area contributed by atoms with Gasteiger partial charge in [-0.1, -0.05) is 109 Å². The van der Waals surface area contributed by atoms with Crippen molar-refractivity contribution in [1.29, 1.82) is 0 Å². The lowest BCUT2D eigenvalue weighted by atomic mass is 10.0. The summed E-state index contributed by atoms with van der Waals surface area (Å²) in [6, 6.07) is 56.8. The van der Waals surface area contributed by atoms with Crippen molar-refractivity contribution in [1.82, 2.24) is 14.5 Å². The highest BCUT2D eigenvalue weighted by Gasteiger charge is 2.21. The van der Waals surface area contributed by atoms with Crippen molar-refractivity contribution in [3.63, 3.8) is 0 Å². The van der Waals surface area contributed by atoms with Gasteiger partial charge in [0, 0.05) is 49.4 Å². The van der Waals surface area contributed by atoms with Gasteiger partial charge in [0.1, 0.15) is 11.2 Å². The van der Waals surface area contributed by atoms with E-state index in [-0.39, 0.29) is 6.04 Å². The quantitative estimate of drug-likeness (QED) is 0.205. The summed E-state index contributed by atoms with van der Waals surface area (Å²) in [5.74, 6) is 0. The van der Waals surface area contributed by atoms with Gasteiger partial charge in [0.05, 0.1) is 28.1 Å². The summed E-state index contributed by atoms with van der Waals surface area (Å²) >= 11 is 0. The van der Waals surface area contributed by atoms with Crippen molar-refractivity contribution in [2.24, 2.45) is 0 Å². The molecule has 1 aliphatic rings. The van der Waals surface area contributed by atoms with E-state index in [0.29, 0.717) is 0 Å². The molecule has 1 aliphatic heterocycles. The lowest BCUT2D eigenvalue weighted by molar-refractivity contribution is 0.669. The molecule has 0 saturated heterocycles. The fourth-order valence-corrected chi connectivity index (χ4v) is 8.18. The van der Waals surface area contributed by atoms with Crippen LogP contribution in [0.15, 0.2) is 180 Å². The lowest BCUT2D eigenvalue weighted by Crippen LogP contribution is -2.20. The number of dihydropyridines is 1. The molecule has 0 fully saturated rings. The van der Waals surface area contributed by atoms with Crippen LogP contribution in [-0.4, -0.2) is 9.13 Å². The van der Waals surface area contributed by atoms with Gasteiger partial charge in [-0.25, -0.2) is 0 Å². The topological polar surface area (TPSA) is 35.0 Å². The predicted octanol–water partition coefficient (Wildman–Crippen LogP) is 12.0. The van der Waals surface area contributed by atoms with Gasteiger partial charge in [0.25, 0.3) is 0 Å². The zero-order valence-corrected chi connectivity index (χ0v) is 27.6. The Morgan fingerprint density at radius 3 is 1.90 bits per heavy atom. The van der Waals surface area contributed by atoms with E-state index in [0.717, 1.165) is 50.1 Å². The van der Waals surface area contributed by atoms with E-state index < -0.39 is 0 Å². The largest absolute Gasteiger partial charge is 0.456 e. The Bertz CT molecular complexity index is 3030. The van der Waals surface area contributed by atoms with Crippen LogP contribution in [0.4, 0.5) is 0 Å². The van der Waals surface area contributed by atoms with Gasteiger partial charge in [0.2, 0.25) is 0 Å². The fourth-order valence-electron chi connectivity index (χ4n) is 8.18. The maximum atomic E-state index is 6.40. The van der Waals surface area contributed by atoms with Gasteiger partial charge >= 0.3 is 0 Å². The van der Waals surface area contributed by atoms with Crippen molar-refractivity contribution < 1.29 is 4.42 Å². The Kier molecular flexibility index (Phi) is 5.98. The molecule has 51 heavy (non-hydrogen) atoms. The number of nitrogens with zero attached hydrogens (tertiary/aromatic N) is 2. The number of hydrogen-bond acceptors (Lipinski definition) is 2. The first kappa shape index (κ1) is 28.1. The summed E-state index contributed by atoms with van der Waals surface area (Å²) in [4.78, 5) is 0. The average Bonchev–Trinajstić information content (AvgIpc) is 3.83. The highest BCUT2D eigenvalue weighted by atomic mass is 16.3. The molecule has 11 rings (SSSR count). The van der Waals surface area contributed by atoms with Crippen LogP contribution in [0.25, 0.3) is 82.6 Å². The molecule has 1 unspecified atom stereocenters. The van der Waals surface area contributed by atoms with Gasteiger partial charge in [-0.05, 0) is 77.9 Å². The molecular weight excluding hydrogens is 623 g/mol. The molecule has 0 radical (unpaired) electrons. The first-order valence-electron chi connectivity index (χ1n) is 17.5. The molecule has 3 aromatic heterocycles. The van der Waals surface area contributed by atoms with Crippen LogP contribution in [0, 0.1) is 0 Å². The van der Waals surface area contributed by atoms with E-state index in [4.69, 9.17) is 4.42 Å². The van der Waals surface area contributed by atoms with E-state index in [1.807, 2.05) is 6.07 Å². The van der Waals surface area contributed by atoms with Crippen molar-refractivity contribution in [3.8, 4) is 11.4 Å². The Labute approximate surface area is 293 Å². The van der Waals surface area contributed by atoms with Crippen LogP contribution in [0.2, 0.25) is 0 Å². The van der Waals surface area contributed by atoms with Crippen LogP contribution in [0.5, 0.6) is 0 Å². The van der Waals surface area contributed by atoms with E-state index in [1.54, 1.807) is 0 Å². The molecule has 10 aromatic rings. The molecule has 240 valence electrons. The minimum absolute atomic E-state index is 0.143. The van der Waals surface area contributed by atoms with Crippen molar-refractivity contribution in [2.45, 2.75) is 6.04 Å². The number of nitrogens with one attached hydrogen (secondary N) is 1. The average molecular weight is 654 g/mol. The Morgan fingerprint density at radius 2 is 1.08 bits per heavy atom. The van der Waals surface area contributed by atoms with Crippen molar-refractivity contribution in [2.75, 3.05) is 0 Å². The zero-order chi connectivity index (χ0) is 33.5. The Morgan fingerprint density at radius 1 is 0.451 bits per heavy atom. The summed E-state index contributed by atoms with van der Waals surface area (Å²) in [7, 11) is 0. The summed E-state index contributed by atoms with van der Waals surface area (Å²) in [6.07, 6.45) is 6.52. The molecule has 0 aliphatic carbocycles. The van der Waals surface area contributed by atoms with Gasteiger partial charge in [0.15, 0.2) is 0 Å². The highest BCUT2D eigenvalue weighted by molar-refractivity contribution is 6.22. The number of allylic oxidation sites excluding steroid dienone is 2. The third-order valence-corrected chi connectivity index (χ3v) is 10.5. The summed E-state index contributed by atoms with van der Waals surface area (Å²) in [5, 5.41) is 10.8. The molecule has 0 saturated carbocycles. The predicted molar refractivity (Wildman–Crippen MR) is 212 cm³/mol. The maximum absolute atomic E-state index is 6.40. The van der Waals surface area contributed by atoms with Crippen molar-refractivity contribution >= 4 is 71.2 Å². The zero-order valence-electron chi connectivity index (χ0n) is 27.6. The molecule has 0 bridgehead atoms. The number of fused-ring (bicyclic) bond motifs is 9. The second-order valence-electron chi connectivity index (χ2n) is 13.4. The summed E-state index contributed by atoms with van der Waals surface area (Å²) in [5.41, 5.74) is 12.3. The van der Waals surface area contributed by atoms with Gasteiger partial charge in [-0.2, -0.15) is 0 Å². The molecule has 4 heteroatoms. The van der Waals surface area contributed by atoms with Crippen LogP contribution in [0.1, 0.15) is 17.2 Å². The van der Waals surface area contributed by atoms with Crippen LogP contribution < -0.4 is 5.32 Å². The van der Waals surface area contributed by atoms with E-state index >= 15 is 0 Å². The first-order chi connectivity index (χ1) is 25.3. The number of rotatable bonds is 4. The standard InChI is InChI=1S/C47H31N3O/c1-3-12-30(13-4-1)40-18-11-19-41(48-40)31-22-24-33(25-23-31)49-42-20-9-7-16-34(42)36-26-37-38-28-47-39(35-17-8-10-21-46(35)51-47)27-43(38)50(45(37)29-44(36)49)32-14-5-2-6-15-32/h1-29,40,48H. The molecule has 7 aromatic carbocycles. The fraction of sp³-hybridized carbons (Fsp3) is 0.0213. The van der Waals surface area contributed by atoms with Crippen LogP contribution in [0.3, 0.4) is 0 Å². The second-order valence-corrected chi connectivity index (χ2v) is 13.4. The third kappa shape index (κ3) is 4.26. The van der Waals surface area contributed by atoms with Crippen LogP contribution >= 0.6 is 0 Å². The van der Waals surface area contributed by atoms with E-state index in [2.05, 4.69) is 184 Å². The second kappa shape index (κ2) is 10.9. The minimum atomic E-state index is 0.143. The summed E-state index contributed by atoms with van der Waals surface area (Å²) in [6.45, 7) is 0. The Balaban J connectivity index is 1.12. The number of aromatic nitrogens is 2. The number of benzene rings is 7. The normalized spacial score (nSPS) is 14.7. The van der Waals surface area contributed by atoms with Crippen molar-refractivity contribution in [3.05, 3.63) is 187 Å². The summed E-state index contributed by atoms with van der Waals surface area (Å²) < 4.78 is 11.2. The molecule has 4 heterocycles. The third-order valence-electron chi connectivity index (χ3n) is 10.5. The number of para-hydroxylation sites is 3. The van der Waals surface area contributed by atoms with E-state index in [9.17, 15) is 0 Å². The smallest absolute Gasteiger partial charge is 0.136 e. The molecule has 1 N–H and O–H groups in total. The SMILES string of the molecule is C1=CC(c2ccccc2)NC(c2ccc(-n3c4ccccc4c4cc5c6cc7oc8ccccc8c7cc6n(-c6ccccc6)c5cc43)cc2)=C1. The molecule has 0 amide bonds. The maximum Gasteiger partial charge on any atom is 0.136 e. The molecule has 4 nitrogen and oxygen atoms in total. The molecule has 1 atom stereocenters. The first-order valence-corrected chi connectivity index (χ1v) is 17.5. The molecular formula is C47H31N3O. The highest BCUT2D eigenvalue weighted by Crippen LogP contribution is 2.42. The van der Waals surface area contributed by atoms with E-state index in [1.165, 1.54) is 43.7 Å². The minimum Gasteiger partial charge on any atom is -0.456 e. The number of furan rings is 1. The Hall–Kier alpha value is -6.78. The van der Waals surface area contributed by atoms with Crippen LogP contribution in [-0.2, 0) is 0 Å². The monoisotopic (exact) mass is 653 g/mol. The number of hydrogen-bond donors (Lipinski definition) is 1. The van der Waals surface area contributed by atoms with Gasteiger partial charge < -0.3 is 18.9 Å². The van der Waals surface area contributed by atoms with Gasteiger partial charge in [-0.3, -0.25) is 0 Å². The molecule has 0 spiro atoms. The lowest BCUT2D eigenvalue weighted by Gasteiger charge is -2.22. The van der Waals surface area contributed by atoms with Gasteiger partial charge in [-0.15, -0.1) is 0 Å².